The van der Waals surface area contributed by atoms with Gasteiger partial charge >= 0.3 is 0 Å². The molecule has 0 saturated heterocycles. The Balaban J connectivity index is 2.28. The molecule has 0 spiro atoms. The predicted octanol–water partition coefficient (Wildman–Crippen LogP) is 4.62. The minimum atomic E-state index is 0.613. The average molecular weight is 298 g/mol. The van der Waals surface area contributed by atoms with E-state index in [1.807, 2.05) is 48.5 Å². The molecule has 0 aromatic heterocycles. The van der Waals surface area contributed by atoms with Gasteiger partial charge in [-0.1, -0.05) is 28.1 Å². The fraction of sp³-hybridized carbons (Fsp3) is 0. The van der Waals surface area contributed by atoms with Crippen molar-refractivity contribution in [1.29, 1.82) is 5.26 Å². The molecule has 2 aromatic carbocycles. The Bertz CT molecular complexity index is 698. The Hall–Kier alpha value is -2.05. The standard InChI is InChI=1S/C15H8BrNO/c16-12-5-6-14-10(8-12)7-11(9-17)13-3-1-2-4-15(13)18-14/h1-8H. The van der Waals surface area contributed by atoms with Crippen molar-refractivity contribution in [2.75, 3.05) is 0 Å². The zero-order valence-corrected chi connectivity index (χ0v) is 10.9. The van der Waals surface area contributed by atoms with Crippen molar-refractivity contribution in [3.8, 4) is 17.6 Å². The van der Waals surface area contributed by atoms with Gasteiger partial charge in [0.1, 0.15) is 11.5 Å². The van der Waals surface area contributed by atoms with Gasteiger partial charge in [0.15, 0.2) is 0 Å². The molecule has 2 aromatic rings. The van der Waals surface area contributed by atoms with E-state index < -0.39 is 0 Å². The summed E-state index contributed by atoms with van der Waals surface area (Å²) >= 11 is 3.43. The molecule has 18 heavy (non-hydrogen) atoms. The van der Waals surface area contributed by atoms with Gasteiger partial charge in [0.25, 0.3) is 0 Å². The van der Waals surface area contributed by atoms with Crippen molar-refractivity contribution in [3.05, 3.63) is 58.1 Å². The molecule has 0 fully saturated rings. The van der Waals surface area contributed by atoms with Gasteiger partial charge in [-0.15, -0.1) is 0 Å². The molecule has 3 heteroatoms. The number of hydrogen-bond donors (Lipinski definition) is 0. The van der Waals surface area contributed by atoms with Crippen LogP contribution in [0.1, 0.15) is 11.1 Å². The lowest BCUT2D eigenvalue weighted by molar-refractivity contribution is 0.481. The number of allylic oxidation sites excluding steroid dienone is 1. The van der Waals surface area contributed by atoms with Crippen molar-refractivity contribution < 1.29 is 4.74 Å². The Labute approximate surface area is 113 Å². The summed E-state index contributed by atoms with van der Waals surface area (Å²) in [6, 6.07) is 15.6. The first-order chi connectivity index (χ1) is 8.78. The summed E-state index contributed by atoms with van der Waals surface area (Å²) in [5, 5.41) is 9.27. The maximum Gasteiger partial charge on any atom is 0.136 e. The highest BCUT2D eigenvalue weighted by Crippen LogP contribution is 2.38. The monoisotopic (exact) mass is 297 g/mol. The van der Waals surface area contributed by atoms with Crippen LogP contribution in [-0.4, -0.2) is 0 Å². The number of hydrogen-bond acceptors (Lipinski definition) is 2. The molecular weight excluding hydrogens is 290 g/mol. The van der Waals surface area contributed by atoms with E-state index in [1.54, 1.807) is 0 Å². The van der Waals surface area contributed by atoms with Crippen molar-refractivity contribution in [3.63, 3.8) is 0 Å². The molecule has 0 N–H and O–H groups in total. The van der Waals surface area contributed by atoms with Gasteiger partial charge in [-0.3, -0.25) is 0 Å². The fourth-order valence-electron chi connectivity index (χ4n) is 1.95. The summed E-state index contributed by atoms with van der Waals surface area (Å²) in [6.07, 6.45) is 1.85. The Morgan fingerprint density at radius 1 is 1.06 bits per heavy atom. The molecule has 1 aliphatic heterocycles. The van der Waals surface area contributed by atoms with Crippen molar-refractivity contribution >= 4 is 27.6 Å². The number of ether oxygens (including phenoxy) is 1. The maximum atomic E-state index is 9.27. The van der Waals surface area contributed by atoms with E-state index >= 15 is 0 Å². The van der Waals surface area contributed by atoms with Crippen molar-refractivity contribution in [1.82, 2.24) is 0 Å². The minimum Gasteiger partial charge on any atom is -0.456 e. The smallest absolute Gasteiger partial charge is 0.136 e. The van der Waals surface area contributed by atoms with Gasteiger partial charge < -0.3 is 4.74 Å². The number of halogens is 1. The molecule has 0 unspecified atom stereocenters. The number of nitriles is 1. The summed E-state index contributed by atoms with van der Waals surface area (Å²) in [5.41, 5.74) is 2.34. The quantitative estimate of drug-likeness (QED) is 0.711. The van der Waals surface area contributed by atoms with Gasteiger partial charge in [-0.2, -0.15) is 5.26 Å². The number of benzene rings is 2. The molecule has 1 heterocycles. The van der Waals surface area contributed by atoms with Crippen LogP contribution >= 0.6 is 15.9 Å². The SMILES string of the molecule is N#CC1=Cc2cc(Br)ccc2Oc2ccccc21. The van der Waals surface area contributed by atoms with E-state index in [2.05, 4.69) is 22.0 Å². The second-order valence-corrected chi connectivity index (χ2v) is 4.87. The predicted molar refractivity (Wildman–Crippen MR) is 74.1 cm³/mol. The van der Waals surface area contributed by atoms with E-state index in [9.17, 15) is 5.26 Å². The van der Waals surface area contributed by atoms with Crippen LogP contribution < -0.4 is 4.74 Å². The summed E-state index contributed by atoms with van der Waals surface area (Å²) in [7, 11) is 0. The van der Waals surface area contributed by atoms with Crippen molar-refractivity contribution in [2.24, 2.45) is 0 Å². The molecule has 0 atom stereocenters. The van der Waals surface area contributed by atoms with E-state index in [0.29, 0.717) is 11.3 Å². The van der Waals surface area contributed by atoms with E-state index in [1.165, 1.54) is 0 Å². The van der Waals surface area contributed by atoms with Crippen LogP contribution in [-0.2, 0) is 0 Å². The highest BCUT2D eigenvalue weighted by molar-refractivity contribution is 9.10. The van der Waals surface area contributed by atoms with Crippen LogP contribution in [0.3, 0.4) is 0 Å². The summed E-state index contributed by atoms with van der Waals surface area (Å²) < 4.78 is 6.83. The van der Waals surface area contributed by atoms with Gasteiger partial charge in [0.2, 0.25) is 0 Å². The second kappa shape index (κ2) is 4.32. The number of rotatable bonds is 0. The molecule has 86 valence electrons. The van der Waals surface area contributed by atoms with Gasteiger partial charge in [-0.05, 0) is 36.4 Å². The molecule has 0 bridgehead atoms. The molecule has 0 radical (unpaired) electrons. The van der Waals surface area contributed by atoms with E-state index in [0.717, 1.165) is 21.3 Å². The summed E-state index contributed by atoms with van der Waals surface area (Å²) in [5.74, 6) is 1.47. The highest BCUT2D eigenvalue weighted by atomic mass is 79.9. The number of para-hydroxylation sites is 1. The van der Waals surface area contributed by atoms with Crippen LogP contribution in [0.15, 0.2) is 46.9 Å². The van der Waals surface area contributed by atoms with Gasteiger partial charge in [0.05, 0.1) is 11.6 Å². The molecule has 1 aliphatic rings. The molecule has 0 saturated carbocycles. The van der Waals surface area contributed by atoms with E-state index in [-0.39, 0.29) is 0 Å². The third kappa shape index (κ3) is 1.81. The number of fused-ring (bicyclic) bond motifs is 2. The first-order valence-electron chi connectivity index (χ1n) is 5.46. The zero-order valence-electron chi connectivity index (χ0n) is 9.35. The van der Waals surface area contributed by atoms with Crippen molar-refractivity contribution in [2.45, 2.75) is 0 Å². The normalized spacial score (nSPS) is 12.3. The molecule has 2 nitrogen and oxygen atoms in total. The minimum absolute atomic E-state index is 0.613. The van der Waals surface area contributed by atoms with Gasteiger partial charge in [-0.25, -0.2) is 0 Å². The van der Waals surface area contributed by atoms with Crippen LogP contribution in [0.5, 0.6) is 11.5 Å². The Morgan fingerprint density at radius 2 is 1.89 bits per heavy atom. The number of nitrogens with zero attached hydrogens (tertiary/aromatic N) is 1. The molecule has 0 aliphatic carbocycles. The van der Waals surface area contributed by atoms with Crippen LogP contribution in [0.2, 0.25) is 0 Å². The first-order valence-corrected chi connectivity index (χ1v) is 6.26. The van der Waals surface area contributed by atoms with Gasteiger partial charge in [0, 0.05) is 15.6 Å². The lowest BCUT2D eigenvalue weighted by Crippen LogP contribution is -1.88. The maximum absolute atomic E-state index is 9.27. The summed E-state index contributed by atoms with van der Waals surface area (Å²) in [6.45, 7) is 0. The molecule has 0 amide bonds. The van der Waals surface area contributed by atoms with Crippen LogP contribution in [0.25, 0.3) is 11.6 Å². The zero-order chi connectivity index (χ0) is 12.5. The van der Waals surface area contributed by atoms with E-state index in [4.69, 9.17) is 4.74 Å². The lowest BCUT2D eigenvalue weighted by atomic mass is 10.0. The Morgan fingerprint density at radius 3 is 2.72 bits per heavy atom. The summed E-state index contributed by atoms with van der Waals surface area (Å²) in [4.78, 5) is 0. The lowest BCUT2D eigenvalue weighted by Gasteiger charge is -2.08. The topological polar surface area (TPSA) is 33.0 Å². The average Bonchev–Trinajstić information content (AvgIpc) is 2.54. The molecular formula is C15H8BrNO. The highest BCUT2D eigenvalue weighted by Gasteiger charge is 2.15. The second-order valence-electron chi connectivity index (χ2n) is 3.95. The molecule has 3 rings (SSSR count). The van der Waals surface area contributed by atoms with Crippen LogP contribution in [0, 0.1) is 11.3 Å². The largest absolute Gasteiger partial charge is 0.456 e. The first kappa shape index (κ1) is 11.1. The third-order valence-electron chi connectivity index (χ3n) is 2.79. The van der Waals surface area contributed by atoms with Crippen LogP contribution in [0.4, 0.5) is 0 Å². The third-order valence-corrected chi connectivity index (χ3v) is 3.28. The Kier molecular flexibility index (Phi) is 2.66. The fourth-order valence-corrected chi connectivity index (χ4v) is 2.33.